The minimum atomic E-state index is -0.486. The van der Waals surface area contributed by atoms with E-state index in [1.807, 2.05) is 43.9 Å². The Morgan fingerprint density at radius 2 is 1.96 bits per heavy atom. The molecule has 1 heterocycles. The second-order valence-electron chi connectivity index (χ2n) is 7.81. The number of amides is 2. The lowest BCUT2D eigenvalue weighted by Crippen LogP contribution is -2.33. The number of anilines is 1. The first-order valence-electron chi connectivity index (χ1n) is 8.96. The Labute approximate surface area is 154 Å². The van der Waals surface area contributed by atoms with Crippen LogP contribution in [0.5, 0.6) is 0 Å². The summed E-state index contributed by atoms with van der Waals surface area (Å²) in [6.07, 6.45) is 5.59. The van der Waals surface area contributed by atoms with Crippen LogP contribution < -0.4 is 5.32 Å². The van der Waals surface area contributed by atoms with Gasteiger partial charge in [0.2, 0.25) is 5.91 Å². The van der Waals surface area contributed by atoms with Crippen LogP contribution in [-0.2, 0) is 11.3 Å². The first-order valence-corrected chi connectivity index (χ1v) is 8.96. The number of carbonyl (C=O) groups excluding carboxylic acids is 2. The van der Waals surface area contributed by atoms with E-state index in [0.29, 0.717) is 17.8 Å². The van der Waals surface area contributed by atoms with Gasteiger partial charge in [-0.2, -0.15) is 0 Å². The Balaban J connectivity index is 1.77. The lowest BCUT2D eigenvalue weighted by Gasteiger charge is -2.23. The van der Waals surface area contributed by atoms with Crippen molar-refractivity contribution in [3.63, 3.8) is 0 Å². The van der Waals surface area contributed by atoms with Crippen LogP contribution in [-0.4, -0.2) is 27.7 Å². The van der Waals surface area contributed by atoms with Crippen molar-refractivity contribution in [2.45, 2.75) is 46.2 Å². The highest BCUT2D eigenvalue weighted by atomic mass is 16.2. The predicted octanol–water partition coefficient (Wildman–Crippen LogP) is 3.87. The maximum Gasteiger partial charge on any atom is 0.254 e. The van der Waals surface area contributed by atoms with Gasteiger partial charge in [0, 0.05) is 41.6 Å². The molecule has 2 amide bonds. The first kappa shape index (κ1) is 18.1. The van der Waals surface area contributed by atoms with E-state index < -0.39 is 5.41 Å². The van der Waals surface area contributed by atoms with Crippen LogP contribution in [0.3, 0.4) is 0 Å². The third kappa shape index (κ3) is 4.48. The van der Waals surface area contributed by atoms with Crippen molar-refractivity contribution in [3.8, 4) is 0 Å². The van der Waals surface area contributed by atoms with Gasteiger partial charge in [0.05, 0.1) is 0 Å². The molecule has 0 spiro atoms. The van der Waals surface area contributed by atoms with Gasteiger partial charge in [-0.05, 0) is 42.7 Å². The molecule has 1 aromatic carbocycles. The summed E-state index contributed by atoms with van der Waals surface area (Å²) in [5.41, 5.74) is 1.77. The molecule has 0 unspecified atom stereocenters. The number of hydrogen-bond acceptors (Lipinski definition) is 3. The van der Waals surface area contributed by atoms with Gasteiger partial charge in [-0.25, -0.2) is 0 Å². The Morgan fingerprint density at radius 1 is 1.19 bits per heavy atom. The fraction of sp³-hybridized carbons (Fsp3) is 0.381. The summed E-state index contributed by atoms with van der Waals surface area (Å²) < 4.78 is 0. The van der Waals surface area contributed by atoms with E-state index in [1.165, 1.54) is 0 Å². The van der Waals surface area contributed by atoms with E-state index >= 15 is 0 Å². The lowest BCUT2D eigenvalue weighted by molar-refractivity contribution is -0.123. The quantitative estimate of drug-likeness (QED) is 0.889. The third-order valence-corrected chi connectivity index (χ3v) is 4.37. The molecule has 1 fully saturated rings. The number of aromatic nitrogens is 1. The van der Waals surface area contributed by atoms with Gasteiger partial charge in [-0.15, -0.1) is 0 Å². The van der Waals surface area contributed by atoms with Crippen molar-refractivity contribution in [1.82, 2.24) is 9.88 Å². The van der Waals surface area contributed by atoms with Gasteiger partial charge < -0.3 is 10.2 Å². The number of benzene rings is 1. The number of carbonyl (C=O) groups is 2. The first-order chi connectivity index (χ1) is 12.3. The highest BCUT2D eigenvalue weighted by Gasteiger charge is 2.33. The van der Waals surface area contributed by atoms with Gasteiger partial charge in [0.1, 0.15) is 0 Å². The molecule has 1 saturated carbocycles. The molecule has 0 saturated heterocycles. The van der Waals surface area contributed by atoms with Crippen molar-refractivity contribution in [2.75, 3.05) is 5.32 Å². The van der Waals surface area contributed by atoms with Crippen LogP contribution in [0.1, 0.15) is 49.5 Å². The summed E-state index contributed by atoms with van der Waals surface area (Å²) in [7, 11) is 0. The van der Waals surface area contributed by atoms with E-state index in [0.717, 1.165) is 18.4 Å². The molecule has 0 aliphatic heterocycles. The second-order valence-corrected chi connectivity index (χ2v) is 7.81. The summed E-state index contributed by atoms with van der Waals surface area (Å²) in [4.78, 5) is 31.3. The fourth-order valence-electron chi connectivity index (χ4n) is 2.66. The van der Waals surface area contributed by atoms with Crippen molar-refractivity contribution in [1.29, 1.82) is 0 Å². The molecule has 1 aliphatic rings. The zero-order valence-electron chi connectivity index (χ0n) is 15.5. The zero-order chi connectivity index (χ0) is 18.7. The normalized spacial score (nSPS) is 14.0. The van der Waals surface area contributed by atoms with Gasteiger partial charge in [0.25, 0.3) is 5.91 Å². The average Bonchev–Trinajstić information content (AvgIpc) is 3.44. The highest BCUT2D eigenvalue weighted by molar-refractivity contribution is 5.98. The lowest BCUT2D eigenvalue weighted by atomic mass is 9.95. The number of hydrogen-bond donors (Lipinski definition) is 1. The van der Waals surface area contributed by atoms with E-state index in [1.54, 1.807) is 30.6 Å². The molecule has 136 valence electrons. The van der Waals surface area contributed by atoms with Crippen LogP contribution in [0.15, 0.2) is 48.8 Å². The van der Waals surface area contributed by atoms with Crippen LogP contribution in [0.4, 0.5) is 5.69 Å². The predicted molar refractivity (Wildman–Crippen MR) is 102 cm³/mol. The van der Waals surface area contributed by atoms with Crippen molar-refractivity contribution >= 4 is 17.5 Å². The molecule has 0 radical (unpaired) electrons. The number of nitrogens with one attached hydrogen (secondary N) is 1. The SMILES string of the molecule is CC(C)(C)C(=O)Nc1cccc(C(=O)N(Cc2cccnc2)C2CC2)c1. The number of rotatable bonds is 5. The molecule has 1 N–H and O–H groups in total. The summed E-state index contributed by atoms with van der Waals surface area (Å²) in [5.74, 6) is -0.0836. The molecular weight excluding hydrogens is 326 g/mol. The Morgan fingerprint density at radius 3 is 2.58 bits per heavy atom. The second kappa shape index (κ2) is 7.28. The third-order valence-electron chi connectivity index (χ3n) is 4.37. The van der Waals surface area contributed by atoms with Crippen LogP contribution in [0, 0.1) is 5.41 Å². The topological polar surface area (TPSA) is 62.3 Å². The molecule has 0 atom stereocenters. The maximum absolute atomic E-state index is 13.1. The Bertz CT molecular complexity index is 792. The molecule has 3 rings (SSSR count). The van der Waals surface area contributed by atoms with Gasteiger partial charge in [0.15, 0.2) is 0 Å². The Hall–Kier alpha value is -2.69. The molecule has 0 bridgehead atoms. The van der Waals surface area contributed by atoms with Crippen molar-refractivity contribution in [3.05, 3.63) is 59.9 Å². The van der Waals surface area contributed by atoms with Crippen LogP contribution in [0.2, 0.25) is 0 Å². The minimum absolute atomic E-state index is 0.0109. The van der Waals surface area contributed by atoms with E-state index in [2.05, 4.69) is 10.3 Å². The molecule has 5 heteroatoms. The largest absolute Gasteiger partial charge is 0.331 e. The van der Waals surface area contributed by atoms with E-state index in [9.17, 15) is 9.59 Å². The smallest absolute Gasteiger partial charge is 0.254 e. The van der Waals surface area contributed by atoms with Gasteiger partial charge >= 0.3 is 0 Å². The molecular formula is C21H25N3O2. The average molecular weight is 351 g/mol. The summed E-state index contributed by atoms with van der Waals surface area (Å²) in [5, 5.41) is 2.89. The van der Waals surface area contributed by atoms with E-state index in [4.69, 9.17) is 0 Å². The van der Waals surface area contributed by atoms with Gasteiger partial charge in [-0.1, -0.05) is 32.9 Å². The minimum Gasteiger partial charge on any atom is -0.331 e. The monoisotopic (exact) mass is 351 g/mol. The number of nitrogens with zero attached hydrogens (tertiary/aromatic N) is 2. The van der Waals surface area contributed by atoms with Crippen LogP contribution >= 0.6 is 0 Å². The summed E-state index contributed by atoms with van der Waals surface area (Å²) >= 11 is 0. The molecule has 5 nitrogen and oxygen atoms in total. The van der Waals surface area contributed by atoms with Gasteiger partial charge in [-0.3, -0.25) is 14.6 Å². The van der Waals surface area contributed by atoms with E-state index in [-0.39, 0.29) is 17.9 Å². The van der Waals surface area contributed by atoms with Crippen molar-refractivity contribution < 1.29 is 9.59 Å². The van der Waals surface area contributed by atoms with Crippen molar-refractivity contribution in [2.24, 2.45) is 5.41 Å². The summed E-state index contributed by atoms with van der Waals surface area (Å²) in [6, 6.07) is 11.3. The van der Waals surface area contributed by atoms with Crippen LogP contribution in [0.25, 0.3) is 0 Å². The number of pyridine rings is 1. The zero-order valence-corrected chi connectivity index (χ0v) is 15.5. The molecule has 1 aromatic heterocycles. The molecule has 1 aliphatic carbocycles. The molecule has 26 heavy (non-hydrogen) atoms. The fourth-order valence-corrected chi connectivity index (χ4v) is 2.66. The highest BCUT2D eigenvalue weighted by Crippen LogP contribution is 2.30. The maximum atomic E-state index is 13.1. The molecule has 2 aromatic rings. The standard InChI is InChI=1S/C21H25N3O2/c1-21(2,3)20(26)23-17-8-4-7-16(12-17)19(25)24(18-9-10-18)14-15-6-5-11-22-13-15/h4-8,11-13,18H,9-10,14H2,1-3H3,(H,23,26). The summed E-state index contributed by atoms with van der Waals surface area (Å²) in [6.45, 7) is 6.14. The Kier molecular flexibility index (Phi) is 5.07.